The summed E-state index contributed by atoms with van der Waals surface area (Å²) in [5.74, 6) is 1.59. The maximum absolute atomic E-state index is 5.59. The summed E-state index contributed by atoms with van der Waals surface area (Å²) >= 11 is 1.69. The van der Waals surface area contributed by atoms with E-state index in [1.807, 2.05) is 12.1 Å². The van der Waals surface area contributed by atoms with Crippen molar-refractivity contribution in [3.8, 4) is 11.4 Å². The molecule has 0 atom stereocenters. The molecule has 0 saturated heterocycles. The van der Waals surface area contributed by atoms with Gasteiger partial charge < -0.3 is 10.1 Å². The first-order valence-electron chi connectivity index (χ1n) is 8.17. The van der Waals surface area contributed by atoms with Crippen LogP contribution in [0.15, 0.2) is 30.6 Å². The normalized spacial score (nSPS) is 11.3. The van der Waals surface area contributed by atoms with Crippen LogP contribution in [0, 0.1) is 6.92 Å². The van der Waals surface area contributed by atoms with E-state index in [9.17, 15) is 0 Å². The van der Waals surface area contributed by atoms with Crippen molar-refractivity contribution < 1.29 is 4.74 Å². The van der Waals surface area contributed by atoms with Gasteiger partial charge in [-0.25, -0.2) is 9.97 Å². The molecule has 6 heteroatoms. The third-order valence-electron chi connectivity index (χ3n) is 3.50. The van der Waals surface area contributed by atoms with Gasteiger partial charge in [0, 0.05) is 36.0 Å². The van der Waals surface area contributed by atoms with Crippen molar-refractivity contribution in [2.24, 2.45) is 0 Å². The van der Waals surface area contributed by atoms with E-state index in [1.165, 1.54) is 4.88 Å². The van der Waals surface area contributed by atoms with E-state index in [-0.39, 0.29) is 6.10 Å². The monoisotopic (exact) mass is 342 g/mol. The molecule has 3 heterocycles. The summed E-state index contributed by atoms with van der Waals surface area (Å²) in [6, 6.07) is 6.02. The standard InChI is InChI=1S/C18H22N4OS/c1-12(2)23-9-5-8-20-17-15-10-13(3)24-18(15)22-16(21-17)14-6-4-7-19-11-14/h4,6-7,10-12H,5,8-9H2,1-3H3,(H,20,21,22). The van der Waals surface area contributed by atoms with Crippen molar-refractivity contribution in [1.82, 2.24) is 15.0 Å². The number of nitrogens with one attached hydrogen (secondary N) is 1. The van der Waals surface area contributed by atoms with Gasteiger partial charge in [-0.2, -0.15) is 0 Å². The van der Waals surface area contributed by atoms with Gasteiger partial charge in [-0.05, 0) is 45.4 Å². The van der Waals surface area contributed by atoms with Crippen molar-refractivity contribution in [2.75, 3.05) is 18.5 Å². The molecule has 3 aromatic heterocycles. The average Bonchev–Trinajstić information content (AvgIpc) is 2.95. The summed E-state index contributed by atoms with van der Waals surface area (Å²) < 4.78 is 5.59. The molecule has 0 aliphatic heterocycles. The number of rotatable bonds is 7. The minimum atomic E-state index is 0.271. The Bertz CT molecular complexity index is 801. The fourth-order valence-corrected chi connectivity index (χ4v) is 3.28. The highest BCUT2D eigenvalue weighted by atomic mass is 32.1. The number of aromatic nitrogens is 3. The van der Waals surface area contributed by atoms with Gasteiger partial charge in [0.05, 0.1) is 11.5 Å². The van der Waals surface area contributed by atoms with Gasteiger partial charge in [-0.1, -0.05) is 0 Å². The minimum absolute atomic E-state index is 0.271. The van der Waals surface area contributed by atoms with E-state index in [4.69, 9.17) is 14.7 Å². The summed E-state index contributed by atoms with van der Waals surface area (Å²) in [4.78, 5) is 15.8. The van der Waals surface area contributed by atoms with Crippen molar-refractivity contribution in [3.63, 3.8) is 0 Å². The Kier molecular flexibility index (Phi) is 5.37. The predicted octanol–water partition coefficient (Wildman–Crippen LogP) is 4.29. The lowest BCUT2D eigenvalue weighted by molar-refractivity contribution is 0.0787. The van der Waals surface area contributed by atoms with Gasteiger partial charge in [-0.3, -0.25) is 4.98 Å². The van der Waals surface area contributed by atoms with Crippen LogP contribution in [0.4, 0.5) is 5.82 Å². The summed E-state index contributed by atoms with van der Waals surface area (Å²) in [7, 11) is 0. The van der Waals surface area contributed by atoms with Crippen LogP contribution in [0.25, 0.3) is 21.6 Å². The van der Waals surface area contributed by atoms with Crippen molar-refractivity contribution >= 4 is 27.4 Å². The van der Waals surface area contributed by atoms with Crippen LogP contribution in [0.3, 0.4) is 0 Å². The zero-order chi connectivity index (χ0) is 16.9. The fourth-order valence-electron chi connectivity index (χ4n) is 2.40. The highest BCUT2D eigenvalue weighted by Crippen LogP contribution is 2.30. The number of anilines is 1. The molecule has 126 valence electrons. The van der Waals surface area contributed by atoms with Crippen LogP contribution in [-0.4, -0.2) is 34.2 Å². The lowest BCUT2D eigenvalue weighted by atomic mass is 10.2. The highest BCUT2D eigenvalue weighted by Gasteiger charge is 2.11. The zero-order valence-electron chi connectivity index (χ0n) is 14.2. The average molecular weight is 342 g/mol. The van der Waals surface area contributed by atoms with Crippen LogP contribution in [0.1, 0.15) is 25.1 Å². The second kappa shape index (κ2) is 7.68. The van der Waals surface area contributed by atoms with Crippen LogP contribution in [0.5, 0.6) is 0 Å². The van der Waals surface area contributed by atoms with Crippen LogP contribution in [0.2, 0.25) is 0 Å². The molecule has 0 aromatic carbocycles. The second-order valence-corrected chi connectivity index (χ2v) is 7.15. The van der Waals surface area contributed by atoms with Gasteiger partial charge in [0.25, 0.3) is 0 Å². The van der Waals surface area contributed by atoms with Crippen molar-refractivity contribution in [1.29, 1.82) is 0 Å². The number of fused-ring (bicyclic) bond motifs is 1. The van der Waals surface area contributed by atoms with E-state index in [0.717, 1.165) is 41.2 Å². The van der Waals surface area contributed by atoms with Gasteiger partial charge in [-0.15, -0.1) is 11.3 Å². The van der Waals surface area contributed by atoms with Gasteiger partial charge in [0.2, 0.25) is 0 Å². The number of nitrogens with zero attached hydrogens (tertiary/aromatic N) is 3. The molecule has 0 fully saturated rings. The molecule has 0 bridgehead atoms. The molecule has 0 aliphatic rings. The van der Waals surface area contributed by atoms with E-state index in [0.29, 0.717) is 5.82 Å². The topological polar surface area (TPSA) is 59.9 Å². The van der Waals surface area contributed by atoms with Crippen LogP contribution in [-0.2, 0) is 4.74 Å². The first-order valence-corrected chi connectivity index (χ1v) is 8.99. The number of thiophene rings is 1. The zero-order valence-corrected chi connectivity index (χ0v) is 15.1. The molecule has 0 aliphatic carbocycles. The molecule has 1 N–H and O–H groups in total. The largest absolute Gasteiger partial charge is 0.379 e. The minimum Gasteiger partial charge on any atom is -0.379 e. The number of hydrogen-bond donors (Lipinski definition) is 1. The van der Waals surface area contributed by atoms with E-state index in [1.54, 1.807) is 23.7 Å². The smallest absolute Gasteiger partial charge is 0.164 e. The summed E-state index contributed by atoms with van der Waals surface area (Å²) in [5.41, 5.74) is 0.927. The van der Waals surface area contributed by atoms with E-state index < -0.39 is 0 Å². The molecule has 0 amide bonds. The SMILES string of the molecule is Cc1cc2c(NCCCOC(C)C)nc(-c3cccnc3)nc2s1. The Balaban J connectivity index is 1.82. The van der Waals surface area contributed by atoms with Gasteiger partial charge in [0.1, 0.15) is 10.6 Å². The third-order valence-corrected chi connectivity index (χ3v) is 4.44. The molecule has 0 unspecified atom stereocenters. The fraction of sp³-hybridized carbons (Fsp3) is 0.389. The van der Waals surface area contributed by atoms with Crippen LogP contribution >= 0.6 is 11.3 Å². The molecular formula is C18H22N4OS. The highest BCUT2D eigenvalue weighted by molar-refractivity contribution is 7.18. The summed E-state index contributed by atoms with van der Waals surface area (Å²) in [6.45, 7) is 7.76. The number of pyridine rings is 1. The van der Waals surface area contributed by atoms with E-state index in [2.05, 4.69) is 37.1 Å². The van der Waals surface area contributed by atoms with Crippen molar-refractivity contribution in [3.05, 3.63) is 35.5 Å². The van der Waals surface area contributed by atoms with Gasteiger partial charge in [0.15, 0.2) is 5.82 Å². The quantitative estimate of drug-likeness (QED) is 0.649. The number of hydrogen-bond acceptors (Lipinski definition) is 6. The maximum Gasteiger partial charge on any atom is 0.164 e. The Labute approximate surface area is 146 Å². The molecule has 0 saturated carbocycles. The number of aryl methyl sites for hydroxylation is 1. The Morgan fingerprint density at radius 1 is 1.29 bits per heavy atom. The maximum atomic E-state index is 5.59. The van der Waals surface area contributed by atoms with E-state index >= 15 is 0 Å². The Morgan fingerprint density at radius 3 is 2.92 bits per heavy atom. The van der Waals surface area contributed by atoms with Crippen LogP contribution < -0.4 is 5.32 Å². The second-order valence-electron chi connectivity index (χ2n) is 5.91. The first kappa shape index (κ1) is 16.8. The number of ether oxygens (including phenoxy) is 1. The molecule has 0 radical (unpaired) electrons. The molecule has 5 nitrogen and oxygen atoms in total. The Hall–Kier alpha value is -2.05. The predicted molar refractivity (Wildman–Crippen MR) is 99.6 cm³/mol. The lowest BCUT2D eigenvalue weighted by Gasteiger charge is -2.10. The Morgan fingerprint density at radius 2 is 2.17 bits per heavy atom. The van der Waals surface area contributed by atoms with Gasteiger partial charge >= 0.3 is 0 Å². The molecular weight excluding hydrogens is 320 g/mol. The summed E-state index contributed by atoms with van der Waals surface area (Å²) in [5, 5.41) is 4.52. The molecule has 3 rings (SSSR count). The first-order chi connectivity index (χ1) is 11.6. The molecule has 0 spiro atoms. The molecule has 3 aromatic rings. The van der Waals surface area contributed by atoms with Crippen molar-refractivity contribution in [2.45, 2.75) is 33.3 Å². The third kappa shape index (κ3) is 4.07. The lowest BCUT2D eigenvalue weighted by Crippen LogP contribution is -2.10. The molecule has 24 heavy (non-hydrogen) atoms. The summed E-state index contributed by atoms with van der Waals surface area (Å²) in [6.07, 6.45) is 4.76.